The van der Waals surface area contributed by atoms with Gasteiger partial charge < -0.3 is 19.0 Å². The molecule has 2 N–H and O–H groups in total. The van der Waals surface area contributed by atoms with Gasteiger partial charge in [0.2, 0.25) is 5.89 Å². The van der Waals surface area contributed by atoms with Crippen molar-refractivity contribution in [1.29, 1.82) is 0 Å². The van der Waals surface area contributed by atoms with Crippen molar-refractivity contribution in [2.24, 2.45) is 0 Å². The van der Waals surface area contributed by atoms with Crippen molar-refractivity contribution in [3.05, 3.63) is 65.3 Å². The first kappa shape index (κ1) is 20.5. The third-order valence-electron chi connectivity index (χ3n) is 5.97. The molecular weight excluding hydrogens is 383 g/mol. The Balaban J connectivity index is 1.37. The molecule has 0 radical (unpaired) electrons. The highest BCUT2D eigenvalue weighted by molar-refractivity contribution is 5.53. The molecule has 0 spiro atoms. The largest absolute Gasteiger partial charge is 0.496 e. The lowest BCUT2D eigenvalue weighted by atomic mass is 10.1. The quantitative estimate of drug-likeness (QED) is 0.640. The fraction of sp³-hybridized carbons (Fsp3) is 0.391. The van der Waals surface area contributed by atoms with Gasteiger partial charge >= 0.3 is 0 Å². The van der Waals surface area contributed by atoms with Crippen LogP contribution < -0.4 is 14.5 Å². The maximum absolute atomic E-state index is 13.6. The smallest absolute Gasteiger partial charge is 0.274 e. The summed E-state index contributed by atoms with van der Waals surface area (Å²) >= 11 is 0. The fourth-order valence-electron chi connectivity index (χ4n) is 4.17. The fourth-order valence-corrected chi connectivity index (χ4v) is 4.17. The lowest BCUT2D eigenvalue weighted by Crippen LogP contribution is -3.27. The van der Waals surface area contributed by atoms with Gasteiger partial charge in [0, 0.05) is 5.56 Å². The van der Waals surface area contributed by atoms with E-state index in [9.17, 15) is 4.39 Å². The molecule has 0 unspecified atom stereocenters. The summed E-state index contributed by atoms with van der Waals surface area (Å²) in [5.41, 5.74) is 3.04. The number of benzene rings is 2. The second-order valence-corrected chi connectivity index (χ2v) is 8.08. The van der Waals surface area contributed by atoms with Gasteiger partial charge in [0.1, 0.15) is 44.3 Å². The molecule has 7 heteroatoms. The number of ether oxygens (including phenoxy) is 1. The number of nitrogens with zero attached hydrogens (tertiary/aromatic N) is 2. The van der Waals surface area contributed by atoms with Gasteiger partial charge in [-0.2, -0.15) is 0 Å². The van der Waals surface area contributed by atoms with Crippen molar-refractivity contribution in [3.8, 4) is 17.2 Å². The summed E-state index contributed by atoms with van der Waals surface area (Å²) in [5.74, 6) is 1.78. The zero-order valence-electron chi connectivity index (χ0n) is 17.7. The van der Waals surface area contributed by atoms with E-state index in [4.69, 9.17) is 9.15 Å². The molecule has 0 amide bonds. The molecule has 0 bridgehead atoms. The molecule has 1 aromatic heterocycles. The minimum Gasteiger partial charge on any atom is -0.496 e. The minimum absolute atomic E-state index is 0.140. The number of hydrogen-bond acceptors (Lipinski definition) is 4. The summed E-state index contributed by atoms with van der Waals surface area (Å²) in [7, 11) is 1.63. The lowest BCUT2D eigenvalue weighted by molar-refractivity contribution is -1.03. The molecule has 1 fully saturated rings. The number of nitrogens with one attached hydrogen (secondary N) is 2. The predicted molar refractivity (Wildman–Crippen MR) is 111 cm³/mol. The number of rotatable bonds is 6. The van der Waals surface area contributed by atoms with E-state index in [1.165, 1.54) is 21.4 Å². The zero-order valence-corrected chi connectivity index (χ0v) is 17.7. The molecule has 0 saturated carbocycles. The van der Waals surface area contributed by atoms with Crippen LogP contribution in [0.1, 0.15) is 30.0 Å². The van der Waals surface area contributed by atoms with Gasteiger partial charge in [0.15, 0.2) is 6.04 Å². The molecule has 4 rings (SSSR count). The molecule has 2 heterocycles. The Kier molecular flexibility index (Phi) is 6.11. The van der Waals surface area contributed by atoms with Crippen LogP contribution in [0, 0.1) is 12.7 Å². The Labute approximate surface area is 176 Å². The summed E-state index contributed by atoms with van der Waals surface area (Å²) in [6, 6.07) is 13.0. The normalized spacial score (nSPS) is 20.1. The molecule has 3 aromatic rings. The number of methoxy groups -OCH3 is 1. The van der Waals surface area contributed by atoms with Crippen molar-refractivity contribution in [3.63, 3.8) is 0 Å². The van der Waals surface area contributed by atoms with Crippen LogP contribution in [0.5, 0.6) is 5.75 Å². The van der Waals surface area contributed by atoms with E-state index in [-0.39, 0.29) is 11.9 Å². The van der Waals surface area contributed by atoms with Crippen LogP contribution >= 0.6 is 0 Å². The zero-order chi connectivity index (χ0) is 21.1. The molecular formula is C23H29FN4O2+2. The van der Waals surface area contributed by atoms with Crippen LogP contribution in [0.15, 0.2) is 46.9 Å². The average molecular weight is 413 g/mol. The minimum atomic E-state index is -0.219. The Morgan fingerprint density at radius 2 is 1.90 bits per heavy atom. The van der Waals surface area contributed by atoms with Crippen molar-refractivity contribution in [1.82, 2.24) is 10.2 Å². The van der Waals surface area contributed by atoms with Gasteiger partial charge in [0.25, 0.3) is 5.89 Å². The summed E-state index contributed by atoms with van der Waals surface area (Å²) in [4.78, 5) is 2.87. The Hall–Kier alpha value is -2.77. The second kappa shape index (κ2) is 8.93. The van der Waals surface area contributed by atoms with Gasteiger partial charge in [-0.3, -0.25) is 0 Å². The highest BCUT2D eigenvalue weighted by Crippen LogP contribution is 2.21. The highest BCUT2D eigenvalue weighted by Gasteiger charge is 2.31. The van der Waals surface area contributed by atoms with E-state index in [1.54, 1.807) is 19.2 Å². The maximum atomic E-state index is 13.6. The monoisotopic (exact) mass is 412 g/mol. The summed E-state index contributed by atoms with van der Waals surface area (Å²) in [5, 5.41) is 8.57. The standard InChI is InChI=1S/C23H27FN4O2/c1-16-5-4-6-18(13-16)23-26-25-22(30-23)17(2)28-11-9-27(10-12-28)15-19-14-20(24)7-8-21(19)29-3/h4-8,13-14,17H,9-12,15H2,1-3H3/p+2/t17-/m0/s1. The van der Waals surface area contributed by atoms with E-state index in [0.29, 0.717) is 11.8 Å². The van der Waals surface area contributed by atoms with Crippen LogP contribution in [0.2, 0.25) is 0 Å². The Bertz CT molecular complexity index is 998. The first-order valence-electron chi connectivity index (χ1n) is 10.4. The van der Waals surface area contributed by atoms with E-state index in [2.05, 4.69) is 36.2 Å². The first-order chi connectivity index (χ1) is 14.5. The molecule has 1 aliphatic heterocycles. The average Bonchev–Trinajstić information content (AvgIpc) is 3.24. The number of quaternary nitrogens is 2. The van der Waals surface area contributed by atoms with Crippen LogP contribution in [0.25, 0.3) is 11.5 Å². The number of aryl methyl sites for hydroxylation is 1. The highest BCUT2D eigenvalue weighted by atomic mass is 19.1. The van der Waals surface area contributed by atoms with Gasteiger partial charge in [0.05, 0.1) is 12.7 Å². The third kappa shape index (κ3) is 4.52. The van der Waals surface area contributed by atoms with E-state index in [1.807, 2.05) is 12.1 Å². The molecule has 2 aromatic carbocycles. The van der Waals surface area contributed by atoms with Crippen molar-refractivity contribution in [2.75, 3.05) is 33.3 Å². The van der Waals surface area contributed by atoms with Crippen LogP contribution in [0.3, 0.4) is 0 Å². The molecule has 1 atom stereocenters. The van der Waals surface area contributed by atoms with Crippen LogP contribution in [-0.4, -0.2) is 43.5 Å². The van der Waals surface area contributed by atoms with Crippen molar-refractivity contribution in [2.45, 2.75) is 26.4 Å². The van der Waals surface area contributed by atoms with Crippen LogP contribution in [-0.2, 0) is 6.54 Å². The topological polar surface area (TPSA) is 57.0 Å². The van der Waals surface area contributed by atoms with E-state index in [0.717, 1.165) is 49.6 Å². The van der Waals surface area contributed by atoms with Gasteiger partial charge in [-0.25, -0.2) is 4.39 Å². The SMILES string of the molecule is COc1ccc(F)cc1C[NH+]1CC[NH+]([C@@H](C)c2nnc(-c3cccc(C)c3)o2)CC1. The molecule has 30 heavy (non-hydrogen) atoms. The predicted octanol–water partition coefficient (Wildman–Crippen LogP) is 1.24. The summed E-state index contributed by atoms with van der Waals surface area (Å²) in [6.07, 6.45) is 0. The maximum Gasteiger partial charge on any atom is 0.274 e. The van der Waals surface area contributed by atoms with E-state index < -0.39 is 0 Å². The molecule has 6 nitrogen and oxygen atoms in total. The number of halogens is 1. The van der Waals surface area contributed by atoms with Crippen molar-refractivity contribution >= 4 is 0 Å². The molecule has 158 valence electrons. The summed E-state index contributed by atoms with van der Waals surface area (Å²) < 4.78 is 25.0. The number of aromatic nitrogens is 2. The van der Waals surface area contributed by atoms with E-state index >= 15 is 0 Å². The third-order valence-corrected chi connectivity index (χ3v) is 5.97. The Morgan fingerprint density at radius 1 is 1.10 bits per heavy atom. The number of hydrogen-bond donors (Lipinski definition) is 2. The molecule has 1 saturated heterocycles. The molecule has 0 aliphatic carbocycles. The molecule has 1 aliphatic rings. The Morgan fingerprint density at radius 3 is 2.63 bits per heavy atom. The summed E-state index contributed by atoms with van der Waals surface area (Å²) in [6.45, 7) is 8.95. The van der Waals surface area contributed by atoms with Gasteiger partial charge in [-0.15, -0.1) is 10.2 Å². The first-order valence-corrected chi connectivity index (χ1v) is 10.4. The van der Waals surface area contributed by atoms with Gasteiger partial charge in [-0.05, 0) is 44.2 Å². The van der Waals surface area contributed by atoms with Crippen LogP contribution in [0.4, 0.5) is 4.39 Å². The number of piperazine rings is 1. The lowest BCUT2D eigenvalue weighted by Gasteiger charge is -2.32. The van der Waals surface area contributed by atoms with Gasteiger partial charge in [-0.1, -0.05) is 17.7 Å². The van der Waals surface area contributed by atoms with Crippen molar-refractivity contribution < 1.29 is 23.3 Å². The second-order valence-electron chi connectivity index (χ2n) is 8.08.